The Kier molecular flexibility index (Phi) is 16.1. The summed E-state index contributed by atoms with van der Waals surface area (Å²) < 4.78 is 12.4. The third kappa shape index (κ3) is 12.1. The van der Waals surface area contributed by atoms with Gasteiger partial charge in [-0.2, -0.15) is 0 Å². The molecule has 0 aliphatic carbocycles. The molecule has 0 fully saturated rings. The van der Waals surface area contributed by atoms with Gasteiger partial charge in [-0.3, -0.25) is 19.6 Å². The summed E-state index contributed by atoms with van der Waals surface area (Å²) in [6, 6.07) is 3.66. The maximum absolute atomic E-state index is 11.8. The number of unbranched alkanes of at least 4 members (excludes halogenated alkanes) is 18. The van der Waals surface area contributed by atoms with E-state index in [1.807, 2.05) is 12.1 Å². The lowest BCUT2D eigenvalue weighted by molar-refractivity contribution is 0.259. The fraction of sp³-hybridized carbons (Fsp3) is 0.706. The molecule has 2 N–H and O–H groups in total. The van der Waals surface area contributed by atoms with Gasteiger partial charge in [-0.15, -0.1) is 0 Å². The number of hydrogen-bond acceptors (Lipinski definition) is 6. The SMILES string of the molecule is CCCCCCCCCCCCOc1cc2nc3[nH]c(=O)c(=O)[nH]c3nc2cc1OCCCCCCCCCCCC. The predicted octanol–water partition coefficient (Wildman–Crippen LogP) is 8.76. The summed E-state index contributed by atoms with van der Waals surface area (Å²) >= 11 is 0. The first kappa shape index (κ1) is 33.6. The molecule has 2 aromatic heterocycles. The van der Waals surface area contributed by atoms with Gasteiger partial charge in [0.15, 0.2) is 22.8 Å². The van der Waals surface area contributed by atoms with Crippen LogP contribution in [0.4, 0.5) is 0 Å². The van der Waals surface area contributed by atoms with Crippen molar-refractivity contribution in [3.05, 3.63) is 32.8 Å². The molecule has 42 heavy (non-hydrogen) atoms. The first-order valence-electron chi connectivity index (χ1n) is 16.9. The topological polar surface area (TPSA) is 110 Å². The summed E-state index contributed by atoms with van der Waals surface area (Å²) in [4.78, 5) is 37.6. The lowest BCUT2D eigenvalue weighted by Crippen LogP contribution is -2.29. The van der Waals surface area contributed by atoms with Crippen LogP contribution in [0.25, 0.3) is 22.3 Å². The molecule has 234 valence electrons. The minimum Gasteiger partial charge on any atom is -0.490 e. The summed E-state index contributed by atoms with van der Waals surface area (Å²) in [5.74, 6) is 1.29. The molecule has 8 nitrogen and oxygen atoms in total. The molecule has 0 radical (unpaired) electrons. The second-order valence-corrected chi connectivity index (χ2v) is 11.7. The number of H-pyrrole nitrogens is 2. The van der Waals surface area contributed by atoms with Crippen molar-refractivity contribution in [1.29, 1.82) is 0 Å². The summed E-state index contributed by atoms with van der Waals surface area (Å²) in [5, 5.41) is 0. The lowest BCUT2D eigenvalue weighted by Gasteiger charge is -2.14. The highest BCUT2D eigenvalue weighted by Crippen LogP contribution is 2.32. The van der Waals surface area contributed by atoms with Crippen LogP contribution in [0, 0.1) is 0 Å². The van der Waals surface area contributed by atoms with Gasteiger partial charge in [-0.25, -0.2) is 9.97 Å². The molecule has 0 atom stereocenters. The summed E-state index contributed by atoms with van der Waals surface area (Å²) in [7, 11) is 0. The van der Waals surface area contributed by atoms with E-state index in [0.29, 0.717) is 35.7 Å². The quantitative estimate of drug-likeness (QED) is 0.0620. The predicted molar refractivity (Wildman–Crippen MR) is 173 cm³/mol. The Hall–Kier alpha value is -2.90. The minimum atomic E-state index is -0.745. The summed E-state index contributed by atoms with van der Waals surface area (Å²) in [6.45, 7) is 5.74. The van der Waals surface area contributed by atoms with Gasteiger partial charge in [0.05, 0.1) is 24.2 Å². The van der Waals surface area contributed by atoms with Crippen molar-refractivity contribution in [3.8, 4) is 11.5 Å². The lowest BCUT2D eigenvalue weighted by atomic mass is 10.1. The molecule has 0 saturated heterocycles. The average molecular weight is 583 g/mol. The van der Waals surface area contributed by atoms with E-state index in [2.05, 4.69) is 33.8 Å². The Bertz CT molecular complexity index is 1190. The van der Waals surface area contributed by atoms with Crippen LogP contribution in [0.15, 0.2) is 21.7 Å². The zero-order valence-corrected chi connectivity index (χ0v) is 26.2. The van der Waals surface area contributed by atoms with Crippen molar-refractivity contribution >= 4 is 22.3 Å². The Balaban J connectivity index is 1.51. The maximum atomic E-state index is 11.8. The number of aromatic nitrogens is 4. The van der Waals surface area contributed by atoms with Crippen LogP contribution in [0.1, 0.15) is 142 Å². The van der Waals surface area contributed by atoms with E-state index in [1.165, 1.54) is 103 Å². The number of benzene rings is 1. The van der Waals surface area contributed by atoms with Crippen LogP contribution in [-0.4, -0.2) is 33.1 Å². The molecular formula is C34H54N4O4. The van der Waals surface area contributed by atoms with E-state index in [-0.39, 0.29) is 11.3 Å². The molecule has 0 aliphatic rings. The van der Waals surface area contributed by atoms with Gasteiger partial charge in [-0.1, -0.05) is 129 Å². The van der Waals surface area contributed by atoms with E-state index in [0.717, 1.165) is 25.7 Å². The first-order valence-corrected chi connectivity index (χ1v) is 16.9. The molecule has 0 unspecified atom stereocenters. The standard InChI is InChI=1S/C34H54N4O4/c1-3-5-7-9-11-13-15-17-19-21-23-41-29-25-27-28(36-32-31(35-27)37-33(39)34(40)38-32)26-30(29)42-24-22-20-18-16-14-12-10-8-6-4-2/h25-26H,3-24H2,1-2H3,(H,35,37,39)(H,36,38,40). The minimum absolute atomic E-state index is 0.242. The number of fused-ring (bicyclic) bond motifs is 2. The average Bonchev–Trinajstić information content (AvgIpc) is 2.98. The Morgan fingerprint density at radius 2 is 0.810 bits per heavy atom. The van der Waals surface area contributed by atoms with E-state index >= 15 is 0 Å². The third-order valence-electron chi connectivity index (χ3n) is 7.91. The molecule has 3 aromatic rings. The Morgan fingerprint density at radius 1 is 0.500 bits per heavy atom. The van der Waals surface area contributed by atoms with Crippen LogP contribution in [0.5, 0.6) is 11.5 Å². The van der Waals surface area contributed by atoms with E-state index in [9.17, 15) is 9.59 Å². The van der Waals surface area contributed by atoms with Crippen molar-refractivity contribution < 1.29 is 9.47 Å². The zero-order chi connectivity index (χ0) is 29.8. The van der Waals surface area contributed by atoms with Crippen molar-refractivity contribution in [1.82, 2.24) is 19.9 Å². The largest absolute Gasteiger partial charge is 0.490 e. The van der Waals surface area contributed by atoms with Gasteiger partial charge in [-0.05, 0) is 12.8 Å². The number of aromatic amines is 2. The molecule has 0 bridgehead atoms. The Morgan fingerprint density at radius 3 is 1.14 bits per heavy atom. The van der Waals surface area contributed by atoms with Gasteiger partial charge in [0, 0.05) is 12.1 Å². The van der Waals surface area contributed by atoms with Crippen molar-refractivity contribution in [3.63, 3.8) is 0 Å². The van der Waals surface area contributed by atoms with Crippen LogP contribution in [0.2, 0.25) is 0 Å². The molecule has 0 aliphatic heterocycles. The molecule has 8 heteroatoms. The Labute approximate surface area is 251 Å². The van der Waals surface area contributed by atoms with E-state index in [1.54, 1.807) is 0 Å². The highest BCUT2D eigenvalue weighted by Gasteiger charge is 2.13. The van der Waals surface area contributed by atoms with Gasteiger partial charge in [0.1, 0.15) is 0 Å². The molecule has 1 aromatic carbocycles. The number of hydrogen-bond donors (Lipinski definition) is 2. The molecular weight excluding hydrogens is 528 g/mol. The van der Waals surface area contributed by atoms with Gasteiger partial charge in [0.2, 0.25) is 0 Å². The molecule has 0 saturated carbocycles. The van der Waals surface area contributed by atoms with Gasteiger partial charge >= 0.3 is 11.1 Å². The molecule has 0 spiro atoms. The fourth-order valence-corrected chi connectivity index (χ4v) is 5.34. The van der Waals surface area contributed by atoms with Crippen LogP contribution in [0.3, 0.4) is 0 Å². The van der Waals surface area contributed by atoms with Crippen molar-refractivity contribution in [2.75, 3.05) is 13.2 Å². The number of nitrogens with one attached hydrogen (secondary N) is 2. The maximum Gasteiger partial charge on any atom is 0.315 e. The fourth-order valence-electron chi connectivity index (χ4n) is 5.34. The normalized spacial score (nSPS) is 11.5. The smallest absolute Gasteiger partial charge is 0.315 e. The van der Waals surface area contributed by atoms with Gasteiger partial charge in [0.25, 0.3) is 0 Å². The highest BCUT2D eigenvalue weighted by atomic mass is 16.5. The molecule has 2 heterocycles. The van der Waals surface area contributed by atoms with Crippen molar-refractivity contribution in [2.45, 2.75) is 142 Å². The number of nitrogens with zero attached hydrogens (tertiary/aromatic N) is 2. The molecule has 3 rings (SSSR count). The first-order chi connectivity index (χ1) is 20.6. The third-order valence-corrected chi connectivity index (χ3v) is 7.91. The monoisotopic (exact) mass is 582 g/mol. The van der Waals surface area contributed by atoms with Gasteiger partial charge < -0.3 is 9.47 Å². The van der Waals surface area contributed by atoms with Crippen LogP contribution in [-0.2, 0) is 0 Å². The van der Waals surface area contributed by atoms with E-state index < -0.39 is 11.1 Å². The zero-order valence-electron chi connectivity index (χ0n) is 26.2. The summed E-state index contributed by atoms with van der Waals surface area (Å²) in [5.41, 5.74) is 0.151. The number of rotatable bonds is 24. The molecule has 0 amide bonds. The van der Waals surface area contributed by atoms with Crippen LogP contribution < -0.4 is 20.6 Å². The number of ether oxygens (including phenoxy) is 2. The van der Waals surface area contributed by atoms with E-state index in [4.69, 9.17) is 9.47 Å². The second kappa shape index (κ2) is 20.1. The highest BCUT2D eigenvalue weighted by molar-refractivity contribution is 5.85. The van der Waals surface area contributed by atoms with Crippen molar-refractivity contribution in [2.24, 2.45) is 0 Å². The summed E-state index contributed by atoms with van der Waals surface area (Å²) in [6.07, 6.45) is 25.5. The second-order valence-electron chi connectivity index (χ2n) is 11.7. The van der Waals surface area contributed by atoms with Crippen LogP contribution >= 0.6 is 0 Å².